The summed E-state index contributed by atoms with van der Waals surface area (Å²) in [5.41, 5.74) is 15.7. The van der Waals surface area contributed by atoms with E-state index >= 15 is 0 Å². The molecule has 0 spiro atoms. The van der Waals surface area contributed by atoms with Crippen molar-refractivity contribution in [3.05, 3.63) is 364 Å². The Kier molecular flexibility index (Phi) is 22.1. The lowest BCUT2D eigenvalue weighted by molar-refractivity contribution is -0.274. The monoisotopic (exact) mass is 1490 g/mol. The van der Waals surface area contributed by atoms with Gasteiger partial charge < -0.3 is 23.5 Å². The van der Waals surface area contributed by atoms with Gasteiger partial charge in [0.1, 0.15) is 45.9 Å². The zero-order valence-electron chi connectivity index (χ0n) is 59.4. The van der Waals surface area contributed by atoms with Crippen molar-refractivity contribution in [3.8, 4) is 107 Å². The Morgan fingerprint density at radius 3 is 1.09 bits per heavy atom. The molecule has 0 saturated heterocycles. The number of ether oxygens (including phenoxy) is 4. The first-order valence-electron chi connectivity index (χ1n) is 34.9. The molecule has 0 radical (unpaired) electrons. The van der Waals surface area contributed by atoms with Crippen LogP contribution >= 0.6 is 24.1 Å². The number of benzene rings is 11. The van der Waals surface area contributed by atoms with E-state index in [9.17, 15) is 13.2 Å². The summed E-state index contributed by atoms with van der Waals surface area (Å²) >= 11 is 2.29. The van der Waals surface area contributed by atoms with E-state index < -0.39 is 6.36 Å². The van der Waals surface area contributed by atoms with Crippen LogP contribution in [0.25, 0.3) is 99.9 Å². The summed E-state index contributed by atoms with van der Waals surface area (Å²) in [6.45, 7) is 4.16. The van der Waals surface area contributed by atoms with Gasteiger partial charge in [0, 0.05) is 108 Å². The number of fused-ring (bicyclic) bond motifs is 3. The van der Waals surface area contributed by atoms with Crippen molar-refractivity contribution in [3.63, 3.8) is 0 Å². The molecule has 542 valence electrons. The number of halogens is 3. The Morgan fingerprint density at radius 1 is 0.309 bits per heavy atom. The molecular weight excluding hydrogens is 1430 g/mol. The van der Waals surface area contributed by atoms with Crippen LogP contribution in [0.4, 0.5) is 13.2 Å². The third-order valence-electron chi connectivity index (χ3n) is 17.6. The molecule has 0 aliphatic heterocycles. The molecule has 0 amide bonds. The lowest BCUT2D eigenvalue weighted by Gasteiger charge is -2.12. The Morgan fingerprint density at radius 2 is 0.673 bits per heavy atom. The Balaban J connectivity index is 0.000000131. The van der Waals surface area contributed by atoms with Gasteiger partial charge in [-0.15, -0.1) is 22.6 Å². The molecule has 19 heteroatoms. The average molecular weight is 1490 g/mol. The Bertz CT molecular complexity index is 5960. The zero-order chi connectivity index (χ0) is 75.2. The van der Waals surface area contributed by atoms with Crippen LogP contribution in [0.2, 0.25) is 0 Å². The topological polar surface area (TPSA) is 127 Å². The van der Waals surface area contributed by atoms with Crippen molar-refractivity contribution in [2.75, 3.05) is 0 Å². The number of nitrogens with zero attached hydrogens (tertiary/aromatic N) is 6. The minimum absolute atomic E-state index is 0.262. The Hall–Kier alpha value is -13.3. The van der Waals surface area contributed by atoms with Crippen LogP contribution in [0.5, 0.6) is 40.2 Å². The summed E-state index contributed by atoms with van der Waals surface area (Å²) in [5, 5.41) is 2.75. The number of pyridine rings is 3. The average Bonchev–Trinajstić information content (AvgIpc) is 1.62. The fourth-order valence-electron chi connectivity index (χ4n) is 12.4. The molecule has 0 unspecified atom stereocenters. The highest BCUT2D eigenvalue weighted by Crippen LogP contribution is 2.42. The molecule has 14 nitrogen and oxygen atoms in total. The summed E-state index contributed by atoms with van der Waals surface area (Å²) in [6, 6.07) is 101. The molecule has 0 bridgehead atoms. The number of aromatic nitrogens is 6. The van der Waals surface area contributed by atoms with Gasteiger partial charge in [0.05, 0.1) is 36.5 Å². The van der Waals surface area contributed by atoms with Gasteiger partial charge in [0.15, 0.2) is 11.3 Å². The lowest BCUT2D eigenvalue weighted by Crippen LogP contribution is -2.16. The van der Waals surface area contributed by atoms with Crippen LogP contribution in [-0.2, 0) is 15.7 Å². The second-order valence-electron chi connectivity index (χ2n) is 25.3. The van der Waals surface area contributed by atoms with Crippen molar-refractivity contribution >= 4 is 57.2 Å². The highest BCUT2D eigenvalue weighted by atomic mass is 32.2. The highest BCUT2D eigenvalue weighted by Gasteiger charge is 2.31. The van der Waals surface area contributed by atoms with Crippen LogP contribution in [0.1, 0.15) is 11.1 Å². The maximum Gasteiger partial charge on any atom is 0.573 e. The van der Waals surface area contributed by atoms with Gasteiger partial charge in [0.25, 0.3) is 0 Å². The van der Waals surface area contributed by atoms with Crippen molar-refractivity contribution in [1.82, 2.24) is 29.0 Å². The molecule has 6 heterocycles. The third kappa shape index (κ3) is 17.5. The molecule has 0 saturated carbocycles. The molecule has 110 heavy (non-hydrogen) atoms. The van der Waals surface area contributed by atoms with Gasteiger partial charge in [-0.1, -0.05) is 226 Å². The van der Waals surface area contributed by atoms with Crippen LogP contribution in [0, 0.1) is 13.8 Å². The maximum atomic E-state index is 12.5. The summed E-state index contributed by atoms with van der Waals surface area (Å²) in [7, 11) is 1.88. The first-order chi connectivity index (χ1) is 53.9. The van der Waals surface area contributed by atoms with Crippen LogP contribution in [0.3, 0.4) is 0 Å². The highest BCUT2D eigenvalue weighted by molar-refractivity contribution is 7.94. The maximum absolute atomic E-state index is 12.5. The quantitative estimate of drug-likeness (QED) is 0.0385. The standard InChI is InChI=1S/2C32H24N2O3S.C27H19F3N2O2/c1-23-11-10-12-24(19-23)30-22-34(36-37-38-27-15-6-3-7-16-27)32-29(30)20-25(21-33-32)28-17-8-9-18-31(28)35-26-13-4-2-5-14-26;1-23-16-18-24(19-17-23)30-22-34(36-37-38-27-12-6-3-7-13-27)32-29(30)20-25(21-33-32)28-14-8-9-15-31(28)35-26-10-4-2-5-11-26;1-32-17-24(18-11-13-21(14-12-18)34-27(28,29)30)23-15-19(16-31-26(23)32)22-9-5-6-10-25(22)33-20-7-3-2-4-8-20/h2*2-22H,1H3;2-17H,1H3. The number of rotatable bonds is 21. The lowest BCUT2D eigenvalue weighted by atomic mass is 10.0. The first kappa shape index (κ1) is 72.3. The summed E-state index contributed by atoms with van der Waals surface area (Å²) < 4.78 is 76.1. The number of hydrogen-bond donors (Lipinski definition) is 0. The Labute approximate surface area is 640 Å². The number of hydrogen-bond acceptors (Lipinski definition) is 13. The van der Waals surface area contributed by atoms with E-state index in [1.165, 1.54) is 23.3 Å². The van der Waals surface area contributed by atoms with Crippen molar-refractivity contribution in [1.29, 1.82) is 0 Å². The summed E-state index contributed by atoms with van der Waals surface area (Å²) in [6.07, 6.45) is 6.46. The summed E-state index contributed by atoms with van der Waals surface area (Å²) in [5.74, 6) is 4.24. The molecule has 17 aromatic rings. The van der Waals surface area contributed by atoms with Crippen molar-refractivity contribution < 1.29 is 50.8 Å². The normalized spacial score (nSPS) is 11.1. The van der Waals surface area contributed by atoms with E-state index in [4.69, 9.17) is 42.8 Å². The van der Waals surface area contributed by atoms with E-state index in [0.29, 0.717) is 17.0 Å². The molecule has 0 aliphatic carbocycles. The van der Waals surface area contributed by atoms with Crippen molar-refractivity contribution in [2.24, 2.45) is 7.05 Å². The first-order valence-corrected chi connectivity index (χ1v) is 36.4. The molecule has 0 aliphatic rings. The van der Waals surface area contributed by atoms with Gasteiger partial charge in [-0.25, -0.2) is 24.9 Å². The van der Waals surface area contributed by atoms with Gasteiger partial charge >= 0.3 is 6.36 Å². The predicted octanol–water partition coefficient (Wildman–Crippen LogP) is 24.7. The van der Waals surface area contributed by atoms with Crippen LogP contribution in [-0.4, -0.2) is 35.3 Å². The second kappa shape index (κ2) is 33.7. The largest absolute Gasteiger partial charge is 0.573 e. The summed E-state index contributed by atoms with van der Waals surface area (Å²) in [4.78, 5) is 27.5. The zero-order valence-corrected chi connectivity index (χ0v) is 61.0. The van der Waals surface area contributed by atoms with E-state index in [1.807, 2.05) is 273 Å². The van der Waals surface area contributed by atoms with Crippen LogP contribution < -0.4 is 28.9 Å². The molecule has 0 fully saturated rings. The smallest absolute Gasteiger partial charge is 0.457 e. The number of alkyl halides is 3. The minimum atomic E-state index is -4.73. The van der Waals surface area contributed by atoms with Crippen molar-refractivity contribution in [2.45, 2.75) is 30.0 Å². The minimum Gasteiger partial charge on any atom is -0.457 e. The molecule has 11 aromatic carbocycles. The number of aryl methyl sites for hydroxylation is 3. The van der Waals surface area contributed by atoms with Gasteiger partial charge in [-0.05, 0) is 140 Å². The predicted molar refractivity (Wildman–Crippen MR) is 428 cm³/mol. The molecule has 0 N–H and O–H groups in total. The SMILES string of the molecule is Cc1ccc(-c2cn(OOSc3ccccc3)c3ncc(-c4ccccc4Oc4ccccc4)cc23)cc1.Cc1cccc(-c2cn(OOSc3ccccc3)c3ncc(-c4ccccc4Oc4ccccc4)cc23)c1.Cn1cc(-c2ccc(OC(F)(F)F)cc2)c2cc(-c3ccccc3Oc3ccccc3)cnc21. The van der Waals surface area contributed by atoms with E-state index in [1.54, 1.807) is 27.8 Å². The van der Waals surface area contributed by atoms with E-state index in [0.717, 1.165) is 151 Å². The fraction of sp³-hybridized carbons (Fsp3) is 0.0440. The van der Waals surface area contributed by atoms with E-state index in [-0.39, 0.29) is 5.75 Å². The third-order valence-corrected chi connectivity index (χ3v) is 18.8. The van der Waals surface area contributed by atoms with Gasteiger partial charge in [-0.2, -0.15) is 0 Å². The molecular formula is C91H67F3N6O8S2. The van der Waals surface area contributed by atoms with Gasteiger partial charge in [-0.3, -0.25) is 0 Å². The second-order valence-corrected chi connectivity index (χ2v) is 26.8. The molecule has 17 rings (SSSR count). The van der Waals surface area contributed by atoms with Gasteiger partial charge in [0.2, 0.25) is 0 Å². The van der Waals surface area contributed by atoms with Crippen LogP contribution in [0.15, 0.2) is 362 Å². The molecule has 0 atom stereocenters. The molecule has 6 aromatic heterocycles. The number of para-hydroxylation sites is 6. The fourth-order valence-corrected chi connectivity index (χ4v) is 13.3. The van der Waals surface area contributed by atoms with E-state index in [2.05, 4.69) is 84.2 Å².